The van der Waals surface area contributed by atoms with Gasteiger partial charge in [-0.3, -0.25) is 4.79 Å². The monoisotopic (exact) mass is 444 g/mol. The molecule has 3 aromatic rings. The van der Waals surface area contributed by atoms with Gasteiger partial charge in [0.2, 0.25) is 0 Å². The lowest BCUT2D eigenvalue weighted by Gasteiger charge is -2.25. The van der Waals surface area contributed by atoms with E-state index in [1.807, 2.05) is 19.1 Å². The molecule has 1 unspecified atom stereocenters. The molecule has 33 heavy (non-hydrogen) atoms. The summed E-state index contributed by atoms with van der Waals surface area (Å²) in [6.45, 7) is 4.39. The largest absolute Gasteiger partial charge is 0.494 e. The van der Waals surface area contributed by atoms with Crippen molar-refractivity contribution in [1.29, 1.82) is 0 Å². The van der Waals surface area contributed by atoms with Crippen molar-refractivity contribution in [2.45, 2.75) is 76.8 Å². The average molecular weight is 445 g/mol. The molecule has 4 heterocycles. The van der Waals surface area contributed by atoms with Gasteiger partial charge in [0.15, 0.2) is 5.65 Å². The van der Waals surface area contributed by atoms with Gasteiger partial charge in [-0.05, 0) is 69.2 Å². The van der Waals surface area contributed by atoms with E-state index in [2.05, 4.69) is 27.7 Å². The summed E-state index contributed by atoms with van der Waals surface area (Å²) < 4.78 is 7.90. The van der Waals surface area contributed by atoms with Crippen LogP contribution < -0.4 is 4.74 Å². The first-order chi connectivity index (χ1) is 16.2. The van der Waals surface area contributed by atoms with Crippen LogP contribution in [0, 0.1) is 0 Å². The van der Waals surface area contributed by atoms with Crippen LogP contribution in [0.2, 0.25) is 0 Å². The van der Waals surface area contributed by atoms with Gasteiger partial charge in [0, 0.05) is 31.1 Å². The summed E-state index contributed by atoms with van der Waals surface area (Å²) in [5, 5.41) is 0. The zero-order chi connectivity index (χ0) is 22.4. The smallest absolute Gasteiger partial charge is 0.256 e. The fourth-order valence-corrected chi connectivity index (χ4v) is 5.53. The highest BCUT2D eigenvalue weighted by molar-refractivity contribution is 6.04. The maximum Gasteiger partial charge on any atom is 0.256 e. The Kier molecular flexibility index (Phi) is 5.31. The van der Waals surface area contributed by atoms with Crippen molar-refractivity contribution in [3.05, 3.63) is 53.0 Å². The molecule has 1 aromatic carbocycles. The van der Waals surface area contributed by atoms with Gasteiger partial charge in [-0.25, -0.2) is 9.97 Å². The lowest BCUT2D eigenvalue weighted by molar-refractivity contribution is 0.0737. The number of benzene rings is 1. The van der Waals surface area contributed by atoms with Crippen LogP contribution in [0.25, 0.3) is 11.2 Å². The number of aromatic nitrogens is 3. The normalized spacial score (nSPS) is 20.6. The van der Waals surface area contributed by atoms with Gasteiger partial charge >= 0.3 is 0 Å². The first kappa shape index (κ1) is 20.7. The Hall–Kier alpha value is -2.89. The van der Waals surface area contributed by atoms with Crippen molar-refractivity contribution in [2.75, 3.05) is 13.2 Å². The number of hydrogen-bond donors (Lipinski definition) is 0. The van der Waals surface area contributed by atoms with Gasteiger partial charge in [-0.15, -0.1) is 0 Å². The Morgan fingerprint density at radius 3 is 2.67 bits per heavy atom. The van der Waals surface area contributed by atoms with Gasteiger partial charge in [0.25, 0.3) is 5.91 Å². The Morgan fingerprint density at radius 2 is 1.88 bits per heavy atom. The maximum absolute atomic E-state index is 14.0. The van der Waals surface area contributed by atoms with Gasteiger partial charge in [0.1, 0.15) is 17.1 Å². The minimum Gasteiger partial charge on any atom is -0.494 e. The van der Waals surface area contributed by atoms with Crippen LogP contribution in [-0.4, -0.2) is 38.5 Å². The molecule has 1 aliphatic carbocycles. The van der Waals surface area contributed by atoms with Crippen LogP contribution in [0.4, 0.5) is 0 Å². The zero-order valence-electron chi connectivity index (χ0n) is 19.4. The molecule has 172 valence electrons. The zero-order valence-corrected chi connectivity index (χ0v) is 19.4. The molecule has 2 aromatic heterocycles. The predicted octanol–water partition coefficient (Wildman–Crippen LogP) is 5.41. The van der Waals surface area contributed by atoms with Crippen LogP contribution in [0.1, 0.15) is 91.3 Å². The number of nitrogens with zero attached hydrogens (tertiary/aromatic N) is 4. The van der Waals surface area contributed by atoms with E-state index in [9.17, 15) is 4.79 Å². The van der Waals surface area contributed by atoms with E-state index >= 15 is 0 Å². The van der Waals surface area contributed by atoms with E-state index < -0.39 is 0 Å². The van der Waals surface area contributed by atoms with Crippen molar-refractivity contribution in [1.82, 2.24) is 19.4 Å². The molecule has 6 nitrogen and oxygen atoms in total. The quantitative estimate of drug-likeness (QED) is 0.528. The number of pyridine rings is 1. The second-order valence-corrected chi connectivity index (χ2v) is 9.69. The summed E-state index contributed by atoms with van der Waals surface area (Å²) in [7, 11) is 0. The molecule has 6 heteroatoms. The summed E-state index contributed by atoms with van der Waals surface area (Å²) in [6.07, 6.45) is 8.88. The number of ether oxygens (including phenoxy) is 1. The fourth-order valence-electron chi connectivity index (χ4n) is 5.53. The molecule has 3 aliphatic rings. The van der Waals surface area contributed by atoms with Crippen LogP contribution >= 0.6 is 0 Å². The van der Waals surface area contributed by atoms with Crippen molar-refractivity contribution in [3.8, 4) is 5.75 Å². The number of carbonyl (C=O) groups is 1. The maximum atomic E-state index is 14.0. The predicted molar refractivity (Wildman–Crippen MR) is 128 cm³/mol. The van der Waals surface area contributed by atoms with Crippen LogP contribution in [0.15, 0.2) is 30.3 Å². The van der Waals surface area contributed by atoms with Gasteiger partial charge in [-0.1, -0.05) is 18.6 Å². The number of carbonyl (C=O) groups excluding carboxylic acids is 1. The Bertz CT molecular complexity index is 1180. The van der Waals surface area contributed by atoms with Gasteiger partial charge in [0.05, 0.1) is 18.2 Å². The molecule has 2 aliphatic heterocycles. The minimum atomic E-state index is 0.0983. The molecule has 0 bridgehead atoms. The summed E-state index contributed by atoms with van der Waals surface area (Å²) >= 11 is 0. The number of hydrogen-bond acceptors (Lipinski definition) is 4. The summed E-state index contributed by atoms with van der Waals surface area (Å²) in [5.41, 5.74) is 4.74. The second kappa shape index (κ2) is 8.47. The summed E-state index contributed by atoms with van der Waals surface area (Å²) in [4.78, 5) is 26.1. The van der Waals surface area contributed by atoms with E-state index in [-0.39, 0.29) is 11.9 Å². The van der Waals surface area contributed by atoms with Crippen molar-refractivity contribution < 1.29 is 9.53 Å². The highest BCUT2D eigenvalue weighted by Gasteiger charge is 2.34. The van der Waals surface area contributed by atoms with Crippen LogP contribution in [-0.2, 0) is 13.0 Å². The first-order valence-corrected chi connectivity index (χ1v) is 12.7. The highest BCUT2D eigenvalue weighted by atomic mass is 16.5. The molecular formula is C27H32N4O2. The number of aryl methyl sites for hydroxylation is 2. The number of imidazole rings is 1. The third kappa shape index (κ3) is 3.79. The van der Waals surface area contributed by atoms with Crippen molar-refractivity contribution >= 4 is 17.1 Å². The average Bonchev–Trinajstić information content (AvgIpc) is 3.54. The SMILES string of the molecule is CCOc1ccc(C2CCCN2C(=O)c2cc(C3CC3)nc3c2nc2n3CCCCC2)cc1. The topological polar surface area (TPSA) is 60.2 Å². The number of fused-ring (bicyclic) bond motifs is 3. The Balaban J connectivity index is 1.38. The molecule has 0 spiro atoms. The molecular weight excluding hydrogens is 412 g/mol. The lowest BCUT2D eigenvalue weighted by Crippen LogP contribution is -2.31. The second-order valence-electron chi connectivity index (χ2n) is 9.69. The third-order valence-corrected chi connectivity index (χ3v) is 7.40. The minimum absolute atomic E-state index is 0.0983. The molecule has 1 saturated carbocycles. The van der Waals surface area contributed by atoms with E-state index in [4.69, 9.17) is 14.7 Å². The van der Waals surface area contributed by atoms with E-state index in [1.54, 1.807) is 0 Å². The van der Waals surface area contributed by atoms with E-state index in [0.29, 0.717) is 12.5 Å². The van der Waals surface area contributed by atoms with E-state index in [0.717, 1.165) is 79.2 Å². The van der Waals surface area contributed by atoms with Crippen molar-refractivity contribution in [2.24, 2.45) is 0 Å². The van der Waals surface area contributed by atoms with E-state index in [1.165, 1.54) is 24.8 Å². The lowest BCUT2D eigenvalue weighted by atomic mass is 10.0. The molecule has 0 radical (unpaired) electrons. The van der Waals surface area contributed by atoms with Gasteiger partial charge < -0.3 is 14.2 Å². The molecule has 2 fully saturated rings. The fraction of sp³-hybridized carbons (Fsp3) is 0.519. The molecule has 1 saturated heterocycles. The van der Waals surface area contributed by atoms with Gasteiger partial charge in [-0.2, -0.15) is 0 Å². The molecule has 0 N–H and O–H groups in total. The van der Waals surface area contributed by atoms with Crippen molar-refractivity contribution in [3.63, 3.8) is 0 Å². The third-order valence-electron chi connectivity index (χ3n) is 7.40. The number of likely N-dealkylation sites (tertiary alicyclic amines) is 1. The summed E-state index contributed by atoms with van der Waals surface area (Å²) in [5.74, 6) is 2.58. The molecule has 1 atom stereocenters. The molecule has 1 amide bonds. The first-order valence-electron chi connectivity index (χ1n) is 12.7. The Labute approximate surface area is 195 Å². The number of amides is 1. The Morgan fingerprint density at radius 1 is 1.03 bits per heavy atom. The van der Waals surface area contributed by atoms with Crippen LogP contribution in [0.5, 0.6) is 5.75 Å². The highest BCUT2D eigenvalue weighted by Crippen LogP contribution is 2.41. The summed E-state index contributed by atoms with van der Waals surface area (Å²) in [6, 6.07) is 10.4. The van der Waals surface area contributed by atoms with Crippen LogP contribution in [0.3, 0.4) is 0 Å². The molecule has 6 rings (SSSR count). The standard InChI is InChI=1S/C27H32N4O2/c1-2-33-20-13-11-19(12-14-20)23-7-6-16-30(23)27(32)21-17-22(18-9-10-18)28-26-25(21)29-24-8-4-3-5-15-31(24)26/h11-14,17-18,23H,2-10,15-16H2,1H3. The number of rotatable bonds is 5.